The van der Waals surface area contributed by atoms with E-state index in [9.17, 15) is 0 Å². The van der Waals surface area contributed by atoms with Crippen LogP contribution in [0.1, 0.15) is 46.5 Å². The van der Waals surface area contributed by atoms with Gasteiger partial charge in [0.1, 0.15) is 0 Å². The van der Waals surface area contributed by atoms with Gasteiger partial charge in [-0.1, -0.05) is 59.1 Å². The van der Waals surface area contributed by atoms with Gasteiger partial charge in [-0.2, -0.15) is 0 Å². The van der Waals surface area contributed by atoms with Crippen LogP contribution in [0.2, 0.25) is 0 Å². The van der Waals surface area contributed by atoms with E-state index in [0.29, 0.717) is 5.41 Å². The number of unbranched alkanes of at least 4 members (excludes halogenated alkanes) is 1. The molecule has 0 saturated heterocycles. The molecule has 0 aromatic rings. The predicted octanol–water partition coefficient (Wildman–Crippen LogP) is 5.02. The maximum atomic E-state index is 5.67. The highest BCUT2D eigenvalue weighted by atomic mass is 79.9. The first-order valence-electron chi connectivity index (χ1n) is 6.30. The molecule has 0 aliphatic carbocycles. The lowest BCUT2D eigenvalue weighted by atomic mass is 9.81. The van der Waals surface area contributed by atoms with Gasteiger partial charge in [-0.15, -0.1) is 0 Å². The van der Waals surface area contributed by atoms with Gasteiger partial charge in [0.25, 0.3) is 0 Å². The molecule has 0 aromatic heterocycles. The van der Waals surface area contributed by atoms with E-state index in [1.54, 1.807) is 0 Å². The van der Waals surface area contributed by atoms with Crippen molar-refractivity contribution in [2.75, 3.05) is 23.9 Å². The van der Waals surface area contributed by atoms with Crippen LogP contribution in [-0.4, -0.2) is 23.9 Å². The predicted molar refractivity (Wildman–Crippen MR) is 79.8 cm³/mol. The monoisotopic (exact) mass is 356 g/mol. The summed E-state index contributed by atoms with van der Waals surface area (Å²) in [5.41, 5.74) is 0.361. The highest BCUT2D eigenvalue weighted by Crippen LogP contribution is 2.34. The molecule has 0 radical (unpaired) electrons. The third-order valence-corrected chi connectivity index (χ3v) is 5.21. The SMILES string of the molecule is CCCCOCCC(CBr)(CBr)CC(C)C. The molecular formula is C13H26Br2O. The maximum Gasteiger partial charge on any atom is 0.0471 e. The van der Waals surface area contributed by atoms with Crippen molar-refractivity contribution in [2.24, 2.45) is 11.3 Å². The molecule has 1 nitrogen and oxygen atoms in total. The molecule has 0 amide bonds. The minimum Gasteiger partial charge on any atom is -0.381 e. The zero-order valence-electron chi connectivity index (χ0n) is 10.9. The first-order chi connectivity index (χ1) is 7.60. The minimum atomic E-state index is 0.361. The van der Waals surface area contributed by atoms with Crippen LogP contribution in [0.15, 0.2) is 0 Å². The van der Waals surface area contributed by atoms with Crippen LogP contribution in [0.3, 0.4) is 0 Å². The minimum absolute atomic E-state index is 0.361. The van der Waals surface area contributed by atoms with Crippen LogP contribution < -0.4 is 0 Å². The van der Waals surface area contributed by atoms with E-state index in [4.69, 9.17) is 4.74 Å². The fourth-order valence-corrected chi connectivity index (χ4v) is 3.83. The quantitative estimate of drug-likeness (QED) is 0.394. The largest absolute Gasteiger partial charge is 0.381 e. The number of hydrogen-bond donors (Lipinski definition) is 0. The van der Waals surface area contributed by atoms with Crippen LogP contribution in [0.4, 0.5) is 0 Å². The number of alkyl halides is 2. The summed E-state index contributed by atoms with van der Waals surface area (Å²) in [6, 6.07) is 0. The molecule has 0 spiro atoms. The number of rotatable bonds is 10. The van der Waals surface area contributed by atoms with Gasteiger partial charge < -0.3 is 4.74 Å². The Balaban J connectivity index is 3.92. The molecule has 0 aromatic carbocycles. The average Bonchev–Trinajstić information content (AvgIpc) is 2.26. The Morgan fingerprint density at radius 3 is 2.19 bits per heavy atom. The van der Waals surface area contributed by atoms with Crippen molar-refractivity contribution in [3.63, 3.8) is 0 Å². The Morgan fingerprint density at radius 1 is 1.12 bits per heavy atom. The Hall–Kier alpha value is 0.920. The zero-order chi connectivity index (χ0) is 12.4. The van der Waals surface area contributed by atoms with Gasteiger partial charge in [0.05, 0.1) is 0 Å². The van der Waals surface area contributed by atoms with Crippen LogP contribution in [0.5, 0.6) is 0 Å². The first kappa shape index (κ1) is 16.9. The first-order valence-corrected chi connectivity index (χ1v) is 8.54. The highest BCUT2D eigenvalue weighted by Gasteiger charge is 2.28. The third-order valence-electron chi connectivity index (χ3n) is 2.83. The molecule has 0 atom stereocenters. The van der Waals surface area contributed by atoms with E-state index in [2.05, 4.69) is 52.6 Å². The summed E-state index contributed by atoms with van der Waals surface area (Å²) in [6.45, 7) is 8.59. The molecule has 0 heterocycles. The fourth-order valence-electron chi connectivity index (χ4n) is 1.88. The topological polar surface area (TPSA) is 9.23 Å². The smallest absolute Gasteiger partial charge is 0.0471 e. The second kappa shape index (κ2) is 9.90. The Bertz CT molecular complexity index is 156. The molecule has 0 aliphatic rings. The molecule has 3 heteroatoms. The molecule has 0 bridgehead atoms. The summed E-state index contributed by atoms with van der Waals surface area (Å²) in [5.74, 6) is 0.741. The second-order valence-corrected chi connectivity index (χ2v) is 6.20. The van der Waals surface area contributed by atoms with Crippen molar-refractivity contribution in [1.82, 2.24) is 0 Å². The van der Waals surface area contributed by atoms with Crippen molar-refractivity contribution >= 4 is 31.9 Å². The Morgan fingerprint density at radius 2 is 1.75 bits per heavy atom. The summed E-state index contributed by atoms with van der Waals surface area (Å²) in [6.07, 6.45) is 4.79. The number of ether oxygens (including phenoxy) is 1. The highest BCUT2D eigenvalue weighted by molar-refractivity contribution is 9.09. The lowest BCUT2D eigenvalue weighted by Gasteiger charge is -2.31. The number of hydrogen-bond acceptors (Lipinski definition) is 1. The molecule has 0 unspecified atom stereocenters. The van der Waals surface area contributed by atoms with E-state index in [0.717, 1.165) is 36.2 Å². The Kier molecular flexibility index (Phi) is 10.5. The molecule has 0 N–H and O–H groups in total. The van der Waals surface area contributed by atoms with Gasteiger partial charge >= 0.3 is 0 Å². The molecule has 0 aliphatic heterocycles. The van der Waals surface area contributed by atoms with Crippen LogP contribution in [0.25, 0.3) is 0 Å². The molecule has 0 fully saturated rings. The van der Waals surface area contributed by atoms with Gasteiger partial charge in [0, 0.05) is 23.9 Å². The standard InChI is InChI=1S/C13H26Br2O/c1-4-5-7-16-8-6-13(10-14,11-15)9-12(2)3/h12H,4-11H2,1-3H3. The Labute approximate surface area is 118 Å². The molecule has 0 rings (SSSR count). The average molecular weight is 358 g/mol. The van der Waals surface area contributed by atoms with E-state index in [1.807, 2.05) is 0 Å². The van der Waals surface area contributed by atoms with E-state index >= 15 is 0 Å². The lowest BCUT2D eigenvalue weighted by Crippen LogP contribution is -2.28. The third kappa shape index (κ3) is 7.29. The summed E-state index contributed by atoms with van der Waals surface area (Å²) < 4.78 is 5.67. The maximum absolute atomic E-state index is 5.67. The van der Waals surface area contributed by atoms with Gasteiger partial charge in [0.15, 0.2) is 0 Å². The summed E-state index contributed by atoms with van der Waals surface area (Å²) >= 11 is 7.32. The van der Waals surface area contributed by atoms with Crippen molar-refractivity contribution in [3.8, 4) is 0 Å². The van der Waals surface area contributed by atoms with Crippen LogP contribution in [-0.2, 0) is 4.74 Å². The van der Waals surface area contributed by atoms with Gasteiger partial charge in [-0.25, -0.2) is 0 Å². The zero-order valence-corrected chi connectivity index (χ0v) is 14.1. The van der Waals surface area contributed by atoms with Gasteiger partial charge in [-0.3, -0.25) is 0 Å². The van der Waals surface area contributed by atoms with Gasteiger partial charge in [-0.05, 0) is 30.6 Å². The molecule has 98 valence electrons. The molecule has 0 saturated carbocycles. The van der Waals surface area contributed by atoms with Crippen molar-refractivity contribution in [3.05, 3.63) is 0 Å². The van der Waals surface area contributed by atoms with E-state index in [-0.39, 0.29) is 0 Å². The van der Waals surface area contributed by atoms with E-state index < -0.39 is 0 Å². The van der Waals surface area contributed by atoms with Gasteiger partial charge in [0.2, 0.25) is 0 Å². The van der Waals surface area contributed by atoms with Crippen molar-refractivity contribution in [1.29, 1.82) is 0 Å². The van der Waals surface area contributed by atoms with Crippen LogP contribution >= 0.6 is 31.9 Å². The van der Waals surface area contributed by atoms with Crippen LogP contribution in [0, 0.1) is 11.3 Å². The van der Waals surface area contributed by atoms with Crippen molar-refractivity contribution < 1.29 is 4.74 Å². The fraction of sp³-hybridized carbons (Fsp3) is 1.00. The summed E-state index contributed by atoms with van der Waals surface area (Å²) in [7, 11) is 0. The normalized spacial score (nSPS) is 12.4. The lowest BCUT2D eigenvalue weighted by molar-refractivity contribution is 0.0985. The number of halogens is 2. The van der Waals surface area contributed by atoms with E-state index in [1.165, 1.54) is 19.3 Å². The molecule has 16 heavy (non-hydrogen) atoms. The van der Waals surface area contributed by atoms with Crippen molar-refractivity contribution in [2.45, 2.75) is 46.5 Å². The summed E-state index contributed by atoms with van der Waals surface area (Å²) in [4.78, 5) is 0. The summed E-state index contributed by atoms with van der Waals surface area (Å²) in [5, 5.41) is 2.11. The molecular weight excluding hydrogens is 332 g/mol. The second-order valence-electron chi connectivity index (χ2n) is 5.08.